The van der Waals surface area contributed by atoms with Crippen LogP contribution >= 0.6 is 0 Å². The second-order valence-corrected chi connectivity index (χ2v) is 4.60. The molecular formula is C15H13FN4. The Morgan fingerprint density at radius 2 is 1.90 bits per heavy atom. The molecule has 0 aliphatic heterocycles. The zero-order valence-electron chi connectivity index (χ0n) is 10.9. The highest BCUT2D eigenvalue weighted by Gasteiger charge is 2.15. The Kier molecular flexibility index (Phi) is 3.25. The van der Waals surface area contributed by atoms with Crippen molar-refractivity contribution in [1.82, 2.24) is 20.6 Å². The van der Waals surface area contributed by atoms with E-state index in [-0.39, 0.29) is 11.7 Å². The number of aromatic amines is 1. The van der Waals surface area contributed by atoms with Crippen molar-refractivity contribution >= 4 is 0 Å². The normalized spacial score (nSPS) is 12.3. The minimum Gasteiger partial charge on any atom is -0.206 e. The van der Waals surface area contributed by atoms with Gasteiger partial charge in [-0.15, -0.1) is 10.2 Å². The zero-order valence-corrected chi connectivity index (χ0v) is 10.9. The predicted octanol–water partition coefficient (Wildman–Crippen LogP) is 3.16. The van der Waals surface area contributed by atoms with Gasteiger partial charge in [0.2, 0.25) is 0 Å². The highest BCUT2D eigenvalue weighted by Crippen LogP contribution is 2.27. The van der Waals surface area contributed by atoms with Crippen molar-refractivity contribution < 1.29 is 4.39 Å². The molecule has 0 unspecified atom stereocenters. The van der Waals surface area contributed by atoms with E-state index in [1.165, 1.54) is 6.07 Å². The van der Waals surface area contributed by atoms with Crippen LogP contribution in [0.4, 0.5) is 4.39 Å². The van der Waals surface area contributed by atoms with Crippen LogP contribution < -0.4 is 0 Å². The lowest BCUT2D eigenvalue weighted by Gasteiger charge is -2.10. The molecule has 0 bridgehead atoms. The average molecular weight is 268 g/mol. The Balaban J connectivity index is 1.96. The minimum absolute atomic E-state index is 0.104. The number of aromatic nitrogens is 4. The molecule has 100 valence electrons. The van der Waals surface area contributed by atoms with E-state index in [4.69, 9.17) is 0 Å². The van der Waals surface area contributed by atoms with Gasteiger partial charge in [0, 0.05) is 11.5 Å². The minimum atomic E-state index is -0.246. The molecule has 2 aromatic carbocycles. The lowest BCUT2D eigenvalue weighted by atomic mass is 9.96. The number of benzene rings is 2. The topological polar surface area (TPSA) is 54.5 Å². The molecule has 0 fully saturated rings. The number of nitrogens with zero attached hydrogens (tertiary/aromatic N) is 3. The molecule has 0 saturated heterocycles. The van der Waals surface area contributed by atoms with Crippen molar-refractivity contribution in [3.8, 4) is 11.1 Å². The van der Waals surface area contributed by atoms with Gasteiger partial charge in [0.1, 0.15) is 5.82 Å². The maximum Gasteiger partial charge on any atom is 0.181 e. The largest absolute Gasteiger partial charge is 0.206 e. The number of nitrogens with one attached hydrogen (secondary N) is 1. The summed E-state index contributed by atoms with van der Waals surface area (Å²) in [7, 11) is 0. The summed E-state index contributed by atoms with van der Waals surface area (Å²) in [5, 5.41) is 13.8. The van der Waals surface area contributed by atoms with E-state index in [9.17, 15) is 4.39 Å². The van der Waals surface area contributed by atoms with Gasteiger partial charge in [-0.2, -0.15) is 5.21 Å². The lowest BCUT2D eigenvalue weighted by molar-refractivity contribution is 0.627. The van der Waals surface area contributed by atoms with Gasteiger partial charge in [0.05, 0.1) is 0 Å². The quantitative estimate of drug-likeness (QED) is 0.793. The number of hydrogen-bond acceptors (Lipinski definition) is 3. The van der Waals surface area contributed by atoms with Gasteiger partial charge >= 0.3 is 0 Å². The number of rotatable bonds is 3. The predicted molar refractivity (Wildman–Crippen MR) is 73.5 cm³/mol. The third-order valence-electron chi connectivity index (χ3n) is 3.33. The zero-order chi connectivity index (χ0) is 13.9. The maximum atomic E-state index is 14.3. The monoisotopic (exact) mass is 268 g/mol. The summed E-state index contributed by atoms with van der Waals surface area (Å²) in [5.41, 5.74) is 2.28. The fraction of sp³-hybridized carbons (Fsp3) is 0.133. The Bertz CT molecular complexity index is 695. The van der Waals surface area contributed by atoms with Gasteiger partial charge in [-0.25, -0.2) is 4.39 Å². The number of halogens is 1. The molecule has 3 rings (SSSR count). The van der Waals surface area contributed by atoms with E-state index < -0.39 is 0 Å². The van der Waals surface area contributed by atoms with Crippen LogP contribution in [-0.2, 0) is 0 Å². The Morgan fingerprint density at radius 3 is 2.55 bits per heavy atom. The van der Waals surface area contributed by atoms with Crippen LogP contribution in [0.25, 0.3) is 11.1 Å². The van der Waals surface area contributed by atoms with E-state index in [1.54, 1.807) is 6.07 Å². The van der Waals surface area contributed by atoms with Crippen molar-refractivity contribution in [2.75, 3.05) is 0 Å². The van der Waals surface area contributed by atoms with Crippen molar-refractivity contribution in [1.29, 1.82) is 0 Å². The second kappa shape index (κ2) is 5.21. The molecule has 0 radical (unpaired) electrons. The van der Waals surface area contributed by atoms with Crippen LogP contribution in [0.3, 0.4) is 0 Å². The summed E-state index contributed by atoms with van der Waals surface area (Å²) in [4.78, 5) is 0. The SMILES string of the molecule is C[C@H](c1ccc(-c2ccccc2)c(F)c1)c1nn[nH]n1. The van der Waals surface area contributed by atoms with E-state index in [0.29, 0.717) is 11.4 Å². The molecule has 1 N–H and O–H groups in total. The first-order chi connectivity index (χ1) is 9.75. The molecular weight excluding hydrogens is 255 g/mol. The Labute approximate surface area is 115 Å². The molecule has 0 amide bonds. The van der Waals surface area contributed by atoms with E-state index >= 15 is 0 Å². The van der Waals surface area contributed by atoms with Crippen LogP contribution in [-0.4, -0.2) is 20.6 Å². The highest BCUT2D eigenvalue weighted by molar-refractivity contribution is 5.64. The maximum absolute atomic E-state index is 14.3. The van der Waals surface area contributed by atoms with Crippen LogP contribution in [0.2, 0.25) is 0 Å². The molecule has 0 spiro atoms. The molecule has 1 atom stereocenters. The molecule has 1 aromatic heterocycles. The summed E-state index contributed by atoms with van der Waals surface area (Å²) in [6.45, 7) is 1.92. The van der Waals surface area contributed by atoms with Gasteiger partial charge in [0.15, 0.2) is 5.82 Å². The van der Waals surface area contributed by atoms with Crippen LogP contribution in [0.15, 0.2) is 48.5 Å². The summed E-state index contributed by atoms with van der Waals surface area (Å²) in [5.74, 6) is 0.203. The van der Waals surface area contributed by atoms with Crippen LogP contribution in [0.1, 0.15) is 24.2 Å². The van der Waals surface area contributed by atoms with Gasteiger partial charge in [-0.1, -0.05) is 54.6 Å². The number of hydrogen-bond donors (Lipinski definition) is 1. The highest BCUT2D eigenvalue weighted by atomic mass is 19.1. The summed E-state index contributed by atoms with van der Waals surface area (Å²) in [6.07, 6.45) is 0. The molecule has 1 heterocycles. The Hall–Kier alpha value is -2.56. The fourth-order valence-electron chi connectivity index (χ4n) is 2.15. The van der Waals surface area contributed by atoms with Crippen molar-refractivity contribution in [2.45, 2.75) is 12.8 Å². The van der Waals surface area contributed by atoms with Crippen molar-refractivity contribution in [2.24, 2.45) is 0 Å². The van der Waals surface area contributed by atoms with Crippen LogP contribution in [0.5, 0.6) is 0 Å². The smallest absolute Gasteiger partial charge is 0.181 e. The lowest BCUT2D eigenvalue weighted by Crippen LogP contribution is -2.00. The molecule has 3 aromatic rings. The first kappa shape index (κ1) is 12.5. The van der Waals surface area contributed by atoms with Gasteiger partial charge in [-0.05, 0) is 17.2 Å². The van der Waals surface area contributed by atoms with Gasteiger partial charge < -0.3 is 0 Å². The Morgan fingerprint density at radius 1 is 1.10 bits per heavy atom. The first-order valence-electron chi connectivity index (χ1n) is 6.34. The van der Waals surface area contributed by atoms with Crippen molar-refractivity contribution in [3.05, 3.63) is 65.7 Å². The number of tetrazole rings is 1. The first-order valence-corrected chi connectivity index (χ1v) is 6.34. The third kappa shape index (κ3) is 2.30. The van der Waals surface area contributed by atoms with E-state index in [1.807, 2.05) is 43.3 Å². The standard InChI is InChI=1S/C15H13FN4/c1-10(15-17-19-20-18-15)12-7-8-13(14(16)9-12)11-5-3-2-4-6-11/h2-10H,1H3,(H,17,18,19,20)/t10-/m1/s1. The summed E-state index contributed by atoms with van der Waals surface area (Å²) in [6, 6.07) is 14.7. The van der Waals surface area contributed by atoms with Gasteiger partial charge in [-0.3, -0.25) is 0 Å². The molecule has 4 nitrogen and oxygen atoms in total. The molecule has 0 aliphatic carbocycles. The fourth-order valence-corrected chi connectivity index (χ4v) is 2.15. The van der Waals surface area contributed by atoms with Crippen LogP contribution in [0, 0.1) is 5.82 Å². The molecule has 0 aliphatic rings. The molecule has 0 saturated carbocycles. The molecule has 5 heteroatoms. The van der Waals surface area contributed by atoms with E-state index in [0.717, 1.165) is 11.1 Å². The average Bonchev–Trinajstić information content (AvgIpc) is 3.01. The molecule has 20 heavy (non-hydrogen) atoms. The van der Waals surface area contributed by atoms with Gasteiger partial charge in [0.25, 0.3) is 0 Å². The van der Waals surface area contributed by atoms with Crippen molar-refractivity contribution in [3.63, 3.8) is 0 Å². The number of H-pyrrole nitrogens is 1. The van der Waals surface area contributed by atoms with E-state index in [2.05, 4.69) is 20.6 Å². The second-order valence-electron chi connectivity index (χ2n) is 4.60. The third-order valence-corrected chi connectivity index (χ3v) is 3.33. The summed E-state index contributed by atoms with van der Waals surface area (Å²) < 4.78 is 14.3. The summed E-state index contributed by atoms with van der Waals surface area (Å²) >= 11 is 0.